The molecule has 0 saturated carbocycles. The van der Waals surface area contributed by atoms with E-state index in [4.69, 9.17) is 0 Å². The predicted molar refractivity (Wildman–Crippen MR) is 106 cm³/mol. The highest BCUT2D eigenvalue weighted by atomic mass is 32.1. The number of H-pyrrole nitrogens is 1. The van der Waals surface area contributed by atoms with E-state index in [-0.39, 0.29) is 18.0 Å². The van der Waals surface area contributed by atoms with Crippen LogP contribution in [0, 0.1) is 13.8 Å². The maximum atomic E-state index is 12.0. The number of hydrogen-bond acceptors (Lipinski definition) is 4. The summed E-state index contributed by atoms with van der Waals surface area (Å²) < 4.78 is 1.21. The van der Waals surface area contributed by atoms with Crippen molar-refractivity contribution in [2.24, 2.45) is 0 Å². The van der Waals surface area contributed by atoms with Gasteiger partial charge >= 0.3 is 0 Å². The highest BCUT2D eigenvalue weighted by molar-refractivity contribution is 7.18. The van der Waals surface area contributed by atoms with Crippen molar-refractivity contribution in [2.45, 2.75) is 46.1 Å². The molecule has 0 spiro atoms. The molecule has 0 bridgehead atoms. The zero-order valence-electron chi connectivity index (χ0n) is 15.1. The number of thiazole rings is 1. The highest BCUT2D eigenvalue weighted by Gasteiger charge is 2.08. The standard InChI is InChI=1S/C20H23N3O2S/c1-13-11-14(2)22-20(25)15(13)12-21-18(24)9-5-6-10-19-23-16-7-3-4-8-17(16)26-19/h3-4,7-8,11H,5-6,9-10,12H2,1-2H3,(H,21,24)(H,22,25). The fourth-order valence-corrected chi connectivity index (χ4v) is 3.97. The Morgan fingerprint density at radius 3 is 2.81 bits per heavy atom. The number of unbranched alkanes of at least 4 members (excludes halogenated alkanes) is 1. The molecule has 3 rings (SSSR count). The van der Waals surface area contributed by atoms with Crippen LogP contribution in [0.5, 0.6) is 0 Å². The van der Waals surface area contributed by atoms with E-state index >= 15 is 0 Å². The number of fused-ring (bicyclic) bond motifs is 1. The van der Waals surface area contributed by atoms with E-state index in [1.54, 1.807) is 11.3 Å². The summed E-state index contributed by atoms with van der Waals surface area (Å²) in [7, 11) is 0. The SMILES string of the molecule is Cc1cc(C)c(CNC(=O)CCCCc2nc3ccccc3s2)c(=O)[nH]1. The first-order chi connectivity index (χ1) is 12.5. The van der Waals surface area contributed by atoms with Gasteiger partial charge in [-0.25, -0.2) is 4.98 Å². The Labute approximate surface area is 156 Å². The van der Waals surface area contributed by atoms with Crippen molar-refractivity contribution in [2.75, 3.05) is 0 Å². The van der Waals surface area contributed by atoms with Gasteiger partial charge in [-0.05, 0) is 56.9 Å². The molecule has 1 amide bonds. The van der Waals surface area contributed by atoms with Gasteiger partial charge in [-0.3, -0.25) is 9.59 Å². The summed E-state index contributed by atoms with van der Waals surface area (Å²) in [6.45, 7) is 4.02. The topological polar surface area (TPSA) is 74.8 Å². The summed E-state index contributed by atoms with van der Waals surface area (Å²) in [6.07, 6.45) is 3.10. The van der Waals surface area contributed by atoms with Crippen LogP contribution in [-0.2, 0) is 17.8 Å². The summed E-state index contributed by atoms with van der Waals surface area (Å²) in [6, 6.07) is 10.0. The van der Waals surface area contributed by atoms with E-state index in [2.05, 4.69) is 21.4 Å². The maximum Gasteiger partial charge on any atom is 0.253 e. The van der Waals surface area contributed by atoms with Crippen molar-refractivity contribution < 1.29 is 4.79 Å². The van der Waals surface area contributed by atoms with Crippen LogP contribution in [0.15, 0.2) is 35.1 Å². The molecule has 1 aromatic carbocycles. The van der Waals surface area contributed by atoms with E-state index < -0.39 is 0 Å². The van der Waals surface area contributed by atoms with Gasteiger partial charge in [0, 0.05) is 24.2 Å². The fourth-order valence-electron chi connectivity index (χ4n) is 2.97. The lowest BCUT2D eigenvalue weighted by Crippen LogP contribution is -2.27. The number of para-hydroxylation sites is 1. The molecule has 6 heteroatoms. The van der Waals surface area contributed by atoms with E-state index in [0.717, 1.165) is 41.0 Å². The van der Waals surface area contributed by atoms with Crippen LogP contribution in [0.2, 0.25) is 0 Å². The molecule has 136 valence electrons. The molecule has 5 nitrogen and oxygen atoms in total. The molecule has 0 saturated heterocycles. The molecule has 0 fully saturated rings. The molecular weight excluding hydrogens is 346 g/mol. The molecule has 2 heterocycles. The second-order valence-corrected chi connectivity index (χ2v) is 7.62. The van der Waals surface area contributed by atoms with Crippen molar-refractivity contribution in [3.8, 4) is 0 Å². The zero-order chi connectivity index (χ0) is 18.5. The summed E-state index contributed by atoms with van der Waals surface area (Å²) in [5.74, 6) is -0.0197. The first kappa shape index (κ1) is 18.3. The minimum Gasteiger partial charge on any atom is -0.352 e. The molecule has 0 atom stereocenters. The molecule has 0 aliphatic rings. The van der Waals surface area contributed by atoms with E-state index in [1.165, 1.54) is 4.70 Å². The summed E-state index contributed by atoms with van der Waals surface area (Å²) in [5, 5.41) is 3.97. The van der Waals surface area contributed by atoms with Crippen LogP contribution in [0.25, 0.3) is 10.2 Å². The van der Waals surface area contributed by atoms with Crippen LogP contribution in [0.1, 0.15) is 41.1 Å². The Bertz CT molecular complexity index is 942. The lowest BCUT2D eigenvalue weighted by molar-refractivity contribution is -0.121. The van der Waals surface area contributed by atoms with Gasteiger partial charge in [0.05, 0.1) is 15.2 Å². The number of nitrogens with one attached hydrogen (secondary N) is 2. The smallest absolute Gasteiger partial charge is 0.253 e. The van der Waals surface area contributed by atoms with Crippen molar-refractivity contribution in [1.82, 2.24) is 15.3 Å². The average molecular weight is 369 g/mol. The van der Waals surface area contributed by atoms with Gasteiger partial charge in [0.25, 0.3) is 5.56 Å². The molecule has 0 aliphatic carbocycles. The number of aromatic nitrogens is 2. The molecule has 3 aromatic rings. The Morgan fingerprint density at radius 1 is 1.23 bits per heavy atom. The van der Waals surface area contributed by atoms with Crippen molar-refractivity contribution in [3.05, 3.63) is 62.5 Å². The third kappa shape index (κ3) is 4.58. The lowest BCUT2D eigenvalue weighted by Gasteiger charge is -2.08. The van der Waals surface area contributed by atoms with Gasteiger partial charge in [-0.15, -0.1) is 11.3 Å². The van der Waals surface area contributed by atoms with Gasteiger partial charge in [-0.2, -0.15) is 0 Å². The number of carbonyl (C=O) groups is 1. The number of aromatic amines is 1. The normalized spacial score (nSPS) is 11.0. The van der Waals surface area contributed by atoms with Crippen LogP contribution >= 0.6 is 11.3 Å². The van der Waals surface area contributed by atoms with Crippen molar-refractivity contribution >= 4 is 27.5 Å². The van der Waals surface area contributed by atoms with Crippen molar-refractivity contribution in [3.63, 3.8) is 0 Å². The second kappa shape index (κ2) is 8.27. The quantitative estimate of drug-likeness (QED) is 0.625. The Morgan fingerprint density at radius 2 is 2.04 bits per heavy atom. The van der Waals surface area contributed by atoms with E-state index in [0.29, 0.717) is 12.0 Å². The summed E-state index contributed by atoms with van der Waals surface area (Å²) in [5.41, 5.74) is 3.28. The predicted octanol–water partition coefficient (Wildman–Crippen LogP) is 3.63. The number of amides is 1. The maximum absolute atomic E-state index is 12.0. The minimum absolute atomic E-state index is 0.0197. The van der Waals surface area contributed by atoms with E-state index in [9.17, 15) is 9.59 Å². The molecule has 0 unspecified atom stereocenters. The molecule has 26 heavy (non-hydrogen) atoms. The van der Waals surface area contributed by atoms with Gasteiger partial charge < -0.3 is 10.3 Å². The lowest BCUT2D eigenvalue weighted by atomic mass is 10.1. The number of benzene rings is 1. The monoisotopic (exact) mass is 369 g/mol. The number of carbonyl (C=O) groups excluding carboxylic acids is 1. The van der Waals surface area contributed by atoms with Gasteiger partial charge in [0.15, 0.2) is 0 Å². The van der Waals surface area contributed by atoms with Crippen LogP contribution in [0.3, 0.4) is 0 Å². The first-order valence-corrected chi connectivity index (χ1v) is 9.65. The Hall–Kier alpha value is -2.47. The molecule has 0 radical (unpaired) electrons. The third-order valence-electron chi connectivity index (χ3n) is 4.34. The number of pyridine rings is 1. The highest BCUT2D eigenvalue weighted by Crippen LogP contribution is 2.22. The van der Waals surface area contributed by atoms with Gasteiger partial charge in [0.1, 0.15) is 0 Å². The fraction of sp³-hybridized carbons (Fsp3) is 0.350. The summed E-state index contributed by atoms with van der Waals surface area (Å²) >= 11 is 1.72. The largest absolute Gasteiger partial charge is 0.352 e. The van der Waals surface area contributed by atoms with E-state index in [1.807, 2.05) is 38.1 Å². The minimum atomic E-state index is -0.126. The van der Waals surface area contributed by atoms with Crippen LogP contribution < -0.4 is 10.9 Å². The number of hydrogen-bond donors (Lipinski definition) is 2. The zero-order valence-corrected chi connectivity index (χ0v) is 15.9. The van der Waals surface area contributed by atoms with Gasteiger partial charge in [-0.1, -0.05) is 12.1 Å². The number of rotatable bonds is 7. The number of aryl methyl sites for hydroxylation is 3. The van der Waals surface area contributed by atoms with Crippen molar-refractivity contribution in [1.29, 1.82) is 0 Å². The summed E-state index contributed by atoms with van der Waals surface area (Å²) in [4.78, 5) is 31.4. The van der Waals surface area contributed by atoms with Crippen LogP contribution in [0.4, 0.5) is 0 Å². The molecule has 0 aliphatic heterocycles. The van der Waals surface area contributed by atoms with Gasteiger partial charge in [0.2, 0.25) is 5.91 Å². The average Bonchev–Trinajstić information content (AvgIpc) is 3.00. The Kier molecular flexibility index (Phi) is 5.83. The molecule has 2 aromatic heterocycles. The molecule has 2 N–H and O–H groups in total. The molecular formula is C20H23N3O2S. The first-order valence-electron chi connectivity index (χ1n) is 8.83. The Balaban J connectivity index is 1.42. The number of nitrogens with zero attached hydrogens (tertiary/aromatic N) is 1. The van der Waals surface area contributed by atoms with Crippen LogP contribution in [-0.4, -0.2) is 15.9 Å². The second-order valence-electron chi connectivity index (χ2n) is 6.50. The third-order valence-corrected chi connectivity index (χ3v) is 5.43.